The SMILES string of the molecule is CCN(CC)S(=O)(=O)c1ccc(NC(=O)C[NH+](C)Cc2c(F)cccc2Cl)cc1. The zero-order chi connectivity index (χ0) is 21.6. The molecule has 9 heteroatoms. The number of likely N-dealkylation sites (N-methyl/N-ethyl adjacent to an activating group) is 1. The lowest BCUT2D eigenvalue weighted by atomic mass is 10.2. The number of carbonyl (C=O) groups excluding carboxylic acids is 1. The molecule has 2 aromatic carbocycles. The molecule has 0 saturated carbocycles. The molecule has 1 amide bonds. The Morgan fingerprint density at radius 2 is 1.76 bits per heavy atom. The number of hydrogen-bond donors (Lipinski definition) is 2. The fourth-order valence-electron chi connectivity index (χ4n) is 2.97. The number of amides is 1. The van der Waals surface area contributed by atoms with E-state index in [1.165, 1.54) is 28.6 Å². The minimum absolute atomic E-state index is 0.101. The number of halogens is 2. The Labute approximate surface area is 176 Å². The number of quaternary nitrogens is 1. The van der Waals surface area contributed by atoms with Crippen molar-refractivity contribution >= 4 is 33.2 Å². The quantitative estimate of drug-likeness (QED) is 0.625. The van der Waals surface area contributed by atoms with E-state index in [2.05, 4.69) is 5.32 Å². The third kappa shape index (κ3) is 5.99. The van der Waals surface area contributed by atoms with E-state index >= 15 is 0 Å². The smallest absolute Gasteiger partial charge is 0.279 e. The molecule has 0 aliphatic rings. The topological polar surface area (TPSA) is 70.9 Å². The number of benzene rings is 2. The van der Waals surface area contributed by atoms with Crippen molar-refractivity contribution in [3.8, 4) is 0 Å². The van der Waals surface area contributed by atoms with Gasteiger partial charge in [0, 0.05) is 18.8 Å². The van der Waals surface area contributed by atoms with Crippen LogP contribution in [0.5, 0.6) is 0 Å². The first-order chi connectivity index (χ1) is 13.7. The van der Waals surface area contributed by atoms with Crippen LogP contribution in [0.25, 0.3) is 0 Å². The zero-order valence-corrected chi connectivity index (χ0v) is 18.3. The average molecular weight is 443 g/mol. The molecule has 158 valence electrons. The van der Waals surface area contributed by atoms with E-state index in [1.807, 2.05) is 0 Å². The molecule has 2 N–H and O–H groups in total. The molecule has 2 aromatic rings. The summed E-state index contributed by atoms with van der Waals surface area (Å²) in [6.07, 6.45) is 0. The summed E-state index contributed by atoms with van der Waals surface area (Å²) in [7, 11) is -1.77. The Bertz CT molecular complexity index is 928. The Morgan fingerprint density at radius 1 is 1.14 bits per heavy atom. The van der Waals surface area contributed by atoms with Gasteiger partial charge in [-0.2, -0.15) is 4.31 Å². The van der Waals surface area contributed by atoms with Gasteiger partial charge in [-0.25, -0.2) is 12.8 Å². The highest BCUT2D eigenvalue weighted by Crippen LogP contribution is 2.19. The van der Waals surface area contributed by atoms with Gasteiger partial charge in [0.25, 0.3) is 5.91 Å². The largest absolute Gasteiger partial charge is 0.326 e. The van der Waals surface area contributed by atoms with E-state index in [0.29, 0.717) is 29.4 Å². The van der Waals surface area contributed by atoms with Crippen LogP contribution in [0.3, 0.4) is 0 Å². The van der Waals surface area contributed by atoms with Crippen LogP contribution in [0.2, 0.25) is 5.02 Å². The maximum Gasteiger partial charge on any atom is 0.279 e. The van der Waals surface area contributed by atoms with Crippen LogP contribution in [0.1, 0.15) is 19.4 Å². The van der Waals surface area contributed by atoms with Crippen molar-refractivity contribution in [2.45, 2.75) is 25.3 Å². The summed E-state index contributed by atoms with van der Waals surface area (Å²) in [5, 5.41) is 3.06. The normalized spacial score (nSPS) is 12.8. The van der Waals surface area contributed by atoms with Crippen LogP contribution in [0.15, 0.2) is 47.4 Å². The van der Waals surface area contributed by atoms with Gasteiger partial charge in [0.15, 0.2) is 6.54 Å². The summed E-state index contributed by atoms with van der Waals surface area (Å²) < 4.78 is 40.2. The monoisotopic (exact) mass is 442 g/mol. The molecule has 0 saturated heterocycles. The maximum absolute atomic E-state index is 13.9. The second kappa shape index (κ2) is 10.2. The van der Waals surface area contributed by atoms with E-state index < -0.39 is 15.8 Å². The van der Waals surface area contributed by atoms with Crippen molar-refractivity contribution in [1.29, 1.82) is 0 Å². The van der Waals surface area contributed by atoms with E-state index in [-0.39, 0.29) is 23.9 Å². The number of sulfonamides is 1. The van der Waals surface area contributed by atoms with Gasteiger partial charge in [0.2, 0.25) is 10.0 Å². The summed E-state index contributed by atoms with van der Waals surface area (Å²) in [6.45, 7) is 4.70. The Morgan fingerprint density at radius 3 is 2.31 bits per heavy atom. The molecule has 0 heterocycles. The third-order valence-electron chi connectivity index (χ3n) is 4.48. The molecule has 0 aromatic heterocycles. The van der Waals surface area contributed by atoms with Crippen molar-refractivity contribution in [2.24, 2.45) is 0 Å². The van der Waals surface area contributed by atoms with Gasteiger partial charge in [-0.15, -0.1) is 0 Å². The van der Waals surface area contributed by atoms with Crippen LogP contribution in [0.4, 0.5) is 10.1 Å². The summed E-state index contributed by atoms with van der Waals surface area (Å²) in [6, 6.07) is 10.5. The molecule has 0 aliphatic carbocycles. The highest BCUT2D eigenvalue weighted by atomic mass is 35.5. The van der Waals surface area contributed by atoms with Crippen LogP contribution < -0.4 is 10.2 Å². The van der Waals surface area contributed by atoms with Crippen molar-refractivity contribution in [1.82, 2.24) is 4.31 Å². The van der Waals surface area contributed by atoms with Crippen molar-refractivity contribution in [3.05, 3.63) is 58.9 Å². The molecule has 6 nitrogen and oxygen atoms in total. The minimum atomic E-state index is -3.54. The summed E-state index contributed by atoms with van der Waals surface area (Å²) in [5.74, 6) is -0.670. The van der Waals surface area contributed by atoms with Gasteiger partial charge in [0.1, 0.15) is 12.4 Å². The number of hydrogen-bond acceptors (Lipinski definition) is 3. The molecule has 1 unspecified atom stereocenters. The lowest BCUT2D eigenvalue weighted by Crippen LogP contribution is -3.08. The molecular weight excluding hydrogens is 417 g/mol. The summed E-state index contributed by atoms with van der Waals surface area (Å²) >= 11 is 6.03. The molecule has 29 heavy (non-hydrogen) atoms. The van der Waals surface area contributed by atoms with Crippen molar-refractivity contribution in [3.63, 3.8) is 0 Å². The van der Waals surface area contributed by atoms with Gasteiger partial charge in [-0.3, -0.25) is 4.79 Å². The third-order valence-corrected chi connectivity index (χ3v) is 6.90. The van der Waals surface area contributed by atoms with Crippen LogP contribution in [0, 0.1) is 5.82 Å². The van der Waals surface area contributed by atoms with Crippen molar-refractivity contribution in [2.75, 3.05) is 32.0 Å². The second-order valence-electron chi connectivity index (χ2n) is 6.67. The summed E-state index contributed by atoms with van der Waals surface area (Å²) in [4.78, 5) is 13.2. The molecule has 1 atom stereocenters. The number of carbonyl (C=O) groups is 1. The maximum atomic E-state index is 13.9. The highest BCUT2D eigenvalue weighted by molar-refractivity contribution is 7.89. The Balaban J connectivity index is 1.99. The number of rotatable bonds is 9. The zero-order valence-electron chi connectivity index (χ0n) is 16.7. The predicted octanol–water partition coefficient (Wildman–Crippen LogP) is 2.16. The van der Waals surface area contributed by atoms with Crippen LogP contribution in [-0.4, -0.2) is 45.3 Å². The Hall–Kier alpha value is -2.00. The lowest BCUT2D eigenvalue weighted by Gasteiger charge is -2.18. The van der Waals surface area contributed by atoms with E-state index in [0.717, 1.165) is 4.90 Å². The van der Waals surface area contributed by atoms with Gasteiger partial charge in [0.05, 0.1) is 22.5 Å². The molecule has 2 rings (SSSR count). The molecule has 0 bridgehead atoms. The van der Waals surface area contributed by atoms with E-state index in [1.54, 1.807) is 39.1 Å². The molecular formula is C20H26ClFN3O3S+. The van der Waals surface area contributed by atoms with Crippen molar-refractivity contribution < 1.29 is 22.5 Å². The highest BCUT2D eigenvalue weighted by Gasteiger charge is 2.21. The average Bonchev–Trinajstić information content (AvgIpc) is 2.66. The van der Waals surface area contributed by atoms with E-state index in [9.17, 15) is 17.6 Å². The van der Waals surface area contributed by atoms with Gasteiger partial charge >= 0.3 is 0 Å². The molecule has 0 fully saturated rings. The first-order valence-corrected chi connectivity index (χ1v) is 11.1. The first-order valence-electron chi connectivity index (χ1n) is 9.33. The predicted molar refractivity (Wildman–Crippen MR) is 112 cm³/mol. The van der Waals surface area contributed by atoms with Crippen LogP contribution >= 0.6 is 11.6 Å². The van der Waals surface area contributed by atoms with Gasteiger partial charge in [-0.1, -0.05) is 31.5 Å². The van der Waals surface area contributed by atoms with E-state index in [4.69, 9.17) is 11.6 Å². The molecule has 0 spiro atoms. The van der Waals surface area contributed by atoms with Gasteiger partial charge in [-0.05, 0) is 36.4 Å². The molecule has 0 radical (unpaired) electrons. The minimum Gasteiger partial charge on any atom is -0.326 e. The fourth-order valence-corrected chi connectivity index (χ4v) is 4.66. The number of anilines is 1. The molecule has 0 aliphatic heterocycles. The number of nitrogens with zero attached hydrogens (tertiary/aromatic N) is 1. The summed E-state index contributed by atoms with van der Waals surface area (Å²) in [5.41, 5.74) is 0.857. The van der Waals surface area contributed by atoms with Gasteiger partial charge < -0.3 is 10.2 Å². The lowest BCUT2D eigenvalue weighted by molar-refractivity contribution is -0.885. The standard InChI is InChI=1S/C20H25ClFN3O3S/c1-4-25(5-2)29(27,28)16-11-9-15(10-12-16)23-20(26)14-24(3)13-17-18(21)7-6-8-19(17)22/h6-12H,4-5,13-14H2,1-3H3,(H,23,26)/p+1. The second-order valence-corrected chi connectivity index (χ2v) is 9.02. The fraction of sp³-hybridized carbons (Fsp3) is 0.350. The van der Waals surface area contributed by atoms with Crippen LogP contribution in [-0.2, 0) is 21.4 Å². The first kappa shape index (κ1) is 23.3. The number of nitrogens with one attached hydrogen (secondary N) is 2. The Kier molecular flexibility index (Phi) is 8.15.